The minimum Gasteiger partial charge on any atom is -0.487 e. The molecule has 44 heavy (non-hydrogen) atoms. The number of nitrogens with one attached hydrogen (secondary N) is 2. The third-order valence-electron chi connectivity index (χ3n) is 7.91. The van der Waals surface area contributed by atoms with Crippen LogP contribution in [0.2, 0.25) is 18.1 Å². The number of benzene rings is 3. The lowest BCUT2D eigenvalue weighted by atomic mass is 10.0. The number of ether oxygens (including phenoxy) is 2. The molecule has 0 fully saturated rings. The second-order valence-electron chi connectivity index (χ2n) is 12.9. The largest absolute Gasteiger partial charge is 0.487 e. The molecule has 8 nitrogen and oxygen atoms in total. The average Bonchev–Trinajstić information content (AvgIpc) is 2.93. The number of sulfonamides is 1. The standard InChI is InChI=1S/C34H48N2O6SSi/c1-25(19-27-15-12-16-28(20-27)21-33(37)40-5)35-23-32(42-44(7,8)34(2,3)4)29-17-18-31(30(22-29)36-43(6,38)39)41-24-26-13-10-9-11-14-26/h9-18,20,22,25,32,35-36H,19,21,23-24H2,1-8H3/t25-,32+/m1/s1. The van der Waals surface area contributed by atoms with Gasteiger partial charge in [0.25, 0.3) is 0 Å². The molecule has 0 unspecified atom stereocenters. The second kappa shape index (κ2) is 15.2. The second-order valence-corrected chi connectivity index (χ2v) is 19.4. The summed E-state index contributed by atoms with van der Waals surface area (Å²) in [4.78, 5) is 11.7. The van der Waals surface area contributed by atoms with E-state index in [4.69, 9.17) is 13.9 Å². The van der Waals surface area contributed by atoms with Crippen LogP contribution >= 0.6 is 0 Å². The molecule has 3 rings (SSSR count). The molecule has 0 bridgehead atoms. The Balaban J connectivity index is 1.85. The Labute approximate surface area is 264 Å². The van der Waals surface area contributed by atoms with Crippen LogP contribution in [0.1, 0.15) is 56.1 Å². The van der Waals surface area contributed by atoms with Gasteiger partial charge >= 0.3 is 5.97 Å². The van der Waals surface area contributed by atoms with Crippen molar-refractivity contribution in [2.45, 2.75) is 77.4 Å². The van der Waals surface area contributed by atoms with E-state index in [2.05, 4.69) is 56.9 Å². The Morgan fingerprint density at radius 1 is 0.932 bits per heavy atom. The summed E-state index contributed by atoms with van der Waals surface area (Å²) in [7, 11) is -4.38. The summed E-state index contributed by atoms with van der Waals surface area (Å²) in [5.74, 6) is 0.183. The molecule has 0 heterocycles. The van der Waals surface area contributed by atoms with Crippen molar-refractivity contribution in [2.75, 3.05) is 24.6 Å². The topological polar surface area (TPSA) is 103 Å². The van der Waals surface area contributed by atoms with E-state index < -0.39 is 18.3 Å². The molecular weight excluding hydrogens is 593 g/mol. The normalized spacial score (nSPS) is 13.6. The lowest BCUT2D eigenvalue weighted by Gasteiger charge is -2.40. The van der Waals surface area contributed by atoms with Crippen molar-refractivity contribution in [3.8, 4) is 5.75 Å². The number of hydrogen-bond acceptors (Lipinski definition) is 7. The minimum absolute atomic E-state index is 0.0243. The predicted octanol–water partition coefficient (Wildman–Crippen LogP) is 6.64. The van der Waals surface area contributed by atoms with Crippen molar-refractivity contribution in [2.24, 2.45) is 0 Å². The lowest BCUT2D eigenvalue weighted by molar-refractivity contribution is -0.139. The van der Waals surface area contributed by atoms with Gasteiger partial charge in [-0.25, -0.2) is 8.42 Å². The summed E-state index contributed by atoms with van der Waals surface area (Å²) >= 11 is 0. The minimum atomic E-state index is -3.56. The van der Waals surface area contributed by atoms with E-state index in [0.29, 0.717) is 24.6 Å². The fourth-order valence-corrected chi connectivity index (χ4v) is 6.33. The summed E-state index contributed by atoms with van der Waals surface area (Å²) in [5, 5.41) is 3.62. The molecule has 0 amide bonds. The van der Waals surface area contributed by atoms with Crippen LogP contribution in [-0.2, 0) is 43.4 Å². The third kappa shape index (κ3) is 11.1. The third-order valence-corrected chi connectivity index (χ3v) is 13.0. The van der Waals surface area contributed by atoms with Gasteiger partial charge in [-0.2, -0.15) is 0 Å². The number of carbonyl (C=O) groups is 1. The first kappa shape index (κ1) is 35.3. The molecule has 0 aliphatic rings. The molecule has 0 spiro atoms. The maximum atomic E-state index is 12.3. The molecule has 0 saturated heterocycles. The molecule has 10 heteroatoms. The summed E-state index contributed by atoms with van der Waals surface area (Å²) in [6.45, 7) is 14.0. The van der Waals surface area contributed by atoms with Crippen molar-refractivity contribution < 1.29 is 27.1 Å². The zero-order valence-corrected chi connectivity index (χ0v) is 29.1. The fraction of sp³-hybridized carbons (Fsp3) is 0.441. The van der Waals surface area contributed by atoms with Crippen LogP contribution < -0.4 is 14.8 Å². The Morgan fingerprint density at radius 2 is 1.59 bits per heavy atom. The molecule has 240 valence electrons. The Bertz CT molecular complexity index is 1490. The molecule has 0 aliphatic carbocycles. The smallest absolute Gasteiger partial charge is 0.309 e. The number of carbonyl (C=O) groups excluding carboxylic acids is 1. The predicted molar refractivity (Wildman–Crippen MR) is 180 cm³/mol. The molecule has 2 N–H and O–H groups in total. The fourth-order valence-electron chi connectivity index (χ4n) is 4.49. The first-order valence-corrected chi connectivity index (χ1v) is 19.7. The first-order chi connectivity index (χ1) is 20.6. The van der Waals surface area contributed by atoms with Crippen molar-refractivity contribution in [3.05, 3.63) is 95.1 Å². The summed E-state index contributed by atoms with van der Waals surface area (Å²) in [6.07, 6.45) is 1.80. The van der Waals surface area contributed by atoms with Gasteiger partial charge in [0.1, 0.15) is 12.4 Å². The van der Waals surface area contributed by atoms with Gasteiger partial charge < -0.3 is 19.2 Å². The van der Waals surface area contributed by atoms with E-state index >= 15 is 0 Å². The van der Waals surface area contributed by atoms with Gasteiger partial charge in [0.15, 0.2) is 8.32 Å². The van der Waals surface area contributed by atoms with Crippen LogP contribution in [-0.4, -0.2) is 48.7 Å². The van der Waals surface area contributed by atoms with Crippen LogP contribution in [0.4, 0.5) is 5.69 Å². The van der Waals surface area contributed by atoms with Crippen LogP contribution in [0.5, 0.6) is 5.75 Å². The molecular formula is C34H48N2O6SSi. The van der Waals surface area contributed by atoms with Crippen molar-refractivity contribution in [3.63, 3.8) is 0 Å². The average molecular weight is 641 g/mol. The molecule has 0 saturated carbocycles. The van der Waals surface area contributed by atoms with Crippen molar-refractivity contribution in [1.29, 1.82) is 0 Å². The van der Waals surface area contributed by atoms with Gasteiger partial charge in [-0.1, -0.05) is 81.4 Å². The summed E-state index contributed by atoms with van der Waals surface area (Å²) < 4.78 is 45.1. The molecule has 0 radical (unpaired) electrons. The van der Waals surface area contributed by atoms with Gasteiger partial charge in [-0.05, 0) is 65.9 Å². The van der Waals surface area contributed by atoms with Gasteiger partial charge in [-0.3, -0.25) is 9.52 Å². The number of hydrogen-bond donors (Lipinski definition) is 2. The zero-order valence-electron chi connectivity index (χ0n) is 27.3. The van der Waals surface area contributed by atoms with E-state index in [1.165, 1.54) is 7.11 Å². The lowest BCUT2D eigenvalue weighted by Crippen LogP contribution is -2.44. The highest BCUT2D eigenvalue weighted by Gasteiger charge is 2.39. The van der Waals surface area contributed by atoms with Gasteiger partial charge in [0.05, 0.1) is 31.6 Å². The number of methoxy groups -OCH3 is 1. The van der Waals surface area contributed by atoms with Gasteiger partial charge in [-0.15, -0.1) is 0 Å². The number of rotatable bonds is 15. The van der Waals surface area contributed by atoms with Crippen LogP contribution in [0.15, 0.2) is 72.8 Å². The molecule has 0 aliphatic heterocycles. The number of esters is 1. The highest BCUT2D eigenvalue weighted by atomic mass is 32.2. The van der Waals surface area contributed by atoms with Crippen LogP contribution in [0.25, 0.3) is 0 Å². The van der Waals surface area contributed by atoms with E-state index in [9.17, 15) is 13.2 Å². The first-order valence-electron chi connectivity index (χ1n) is 14.9. The molecule has 2 atom stereocenters. The van der Waals surface area contributed by atoms with E-state index in [-0.39, 0.29) is 29.6 Å². The highest BCUT2D eigenvalue weighted by Crippen LogP contribution is 2.40. The molecule has 0 aromatic heterocycles. The van der Waals surface area contributed by atoms with E-state index in [0.717, 1.165) is 34.9 Å². The number of anilines is 1. The monoisotopic (exact) mass is 640 g/mol. The Hall–Kier alpha value is -3.18. The van der Waals surface area contributed by atoms with Crippen molar-refractivity contribution in [1.82, 2.24) is 5.32 Å². The summed E-state index contributed by atoms with van der Waals surface area (Å²) in [5.41, 5.74) is 4.25. The van der Waals surface area contributed by atoms with E-state index in [1.54, 1.807) is 0 Å². The van der Waals surface area contributed by atoms with Crippen LogP contribution in [0, 0.1) is 0 Å². The van der Waals surface area contributed by atoms with Gasteiger partial charge in [0.2, 0.25) is 10.0 Å². The highest BCUT2D eigenvalue weighted by molar-refractivity contribution is 7.92. The van der Waals surface area contributed by atoms with E-state index in [1.807, 2.05) is 66.7 Å². The van der Waals surface area contributed by atoms with Gasteiger partial charge in [0, 0.05) is 12.6 Å². The van der Waals surface area contributed by atoms with Crippen molar-refractivity contribution >= 4 is 30.0 Å². The molecule has 3 aromatic carbocycles. The Morgan fingerprint density at radius 3 is 2.23 bits per heavy atom. The maximum Gasteiger partial charge on any atom is 0.309 e. The summed E-state index contributed by atoms with van der Waals surface area (Å²) in [6, 6.07) is 23.4. The SMILES string of the molecule is COC(=O)Cc1cccc(C[C@@H](C)NC[C@H](O[Si](C)(C)C(C)(C)C)c2ccc(OCc3ccccc3)c(NS(C)(=O)=O)c2)c1. The molecule has 3 aromatic rings. The van der Waals surface area contributed by atoms with Crippen LogP contribution in [0.3, 0.4) is 0 Å². The quantitative estimate of drug-likeness (QED) is 0.142. The Kier molecular flexibility index (Phi) is 12.2. The maximum absolute atomic E-state index is 12.3. The zero-order chi connectivity index (χ0) is 32.5.